The zero-order valence-electron chi connectivity index (χ0n) is 13.6. The summed E-state index contributed by atoms with van der Waals surface area (Å²) in [5.74, 6) is 0. The molecular weight excluding hydrogens is 371 g/mol. The molecule has 1 saturated heterocycles. The van der Waals surface area contributed by atoms with E-state index in [2.05, 4.69) is 16.5 Å². The molecule has 1 heterocycles. The third-order valence-corrected chi connectivity index (χ3v) is 4.22. The molecule has 0 saturated carbocycles. The molecule has 138 valence electrons. The van der Waals surface area contributed by atoms with E-state index >= 15 is 0 Å². The summed E-state index contributed by atoms with van der Waals surface area (Å²) in [5, 5.41) is 1.41. The van der Waals surface area contributed by atoms with Gasteiger partial charge in [-0.3, -0.25) is 5.43 Å². The summed E-state index contributed by atoms with van der Waals surface area (Å²) >= 11 is 6.13. The number of halogens is 4. The summed E-state index contributed by atoms with van der Waals surface area (Å²) in [6, 6.07) is 9.92. The fourth-order valence-electron chi connectivity index (χ4n) is 2.72. The molecule has 1 aliphatic heterocycles. The van der Waals surface area contributed by atoms with E-state index in [1.165, 1.54) is 24.1 Å². The van der Waals surface area contributed by atoms with Crippen LogP contribution in [-0.2, 0) is 12.7 Å². The zero-order valence-corrected chi connectivity index (χ0v) is 14.3. The van der Waals surface area contributed by atoms with Gasteiger partial charge in [0.05, 0.1) is 16.9 Å². The predicted molar refractivity (Wildman–Crippen MR) is 92.3 cm³/mol. The molecule has 1 aliphatic rings. The number of hydrogen-bond acceptors (Lipinski definition) is 4. The standard InChI is InChI=1S/C16H15ClF3N5O/c1-24(9-10-5-2-3-7-12(10)17)14-11(16(18,19)20)6-4-8-13(14)25-15(26)21-22-23-25/h2-8,22-23H,9H2,1H3,(H,21,26). The molecule has 2 aromatic carbocycles. The van der Waals surface area contributed by atoms with E-state index in [1.54, 1.807) is 24.3 Å². The van der Waals surface area contributed by atoms with E-state index < -0.39 is 17.8 Å². The SMILES string of the molecule is CN(Cc1ccccc1Cl)c1c(N2NNNC2=O)cccc1C(F)(F)F. The van der Waals surface area contributed by atoms with Gasteiger partial charge in [0.1, 0.15) is 0 Å². The minimum atomic E-state index is -4.59. The maximum atomic E-state index is 13.6. The van der Waals surface area contributed by atoms with Crippen LogP contribution in [0.4, 0.5) is 29.3 Å². The van der Waals surface area contributed by atoms with E-state index in [9.17, 15) is 18.0 Å². The number of carbonyl (C=O) groups is 1. The molecular formula is C16H15ClF3N5O. The Morgan fingerprint density at radius 2 is 1.88 bits per heavy atom. The number of urea groups is 1. The second kappa shape index (κ2) is 7.02. The maximum Gasteiger partial charge on any atom is 0.418 e. The van der Waals surface area contributed by atoms with E-state index in [1.807, 2.05) is 0 Å². The normalized spacial score (nSPS) is 14.5. The van der Waals surface area contributed by atoms with E-state index in [0.29, 0.717) is 10.6 Å². The van der Waals surface area contributed by atoms with Gasteiger partial charge in [0, 0.05) is 18.6 Å². The minimum Gasteiger partial charge on any atom is -0.368 e. The number of rotatable bonds is 4. The third kappa shape index (κ3) is 3.55. The molecule has 3 rings (SSSR count). The van der Waals surface area contributed by atoms with Crippen LogP contribution in [0.25, 0.3) is 0 Å². The molecule has 2 amide bonds. The number of hydrazine groups is 3. The van der Waals surface area contributed by atoms with Crippen molar-refractivity contribution in [3.05, 3.63) is 58.6 Å². The van der Waals surface area contributed by atoms with Gasteiger partial charge < -0.3 is 4.90 Å². The molecule has 0 radical (unpaired) electrons. The average Bonchev–Trinajstić information content (AvgIpc) is 3.01. The van der Waals surface area contributed by atoms with Gasteiger partial charge in [0.25, 0.3) is 0 Å². The highest BCUT2D eigenvalue weighted by atomic mass is 35.5. The summed E-state index contributed by atoms with van der Waals surface area (Å²) in [4.78, 5) is 13.3. The number of nitrogens with zero attached hydrogens (tertiary/aromatic N) is 2. The van der Waals surface area contributed by atoms with Crippen molar-refractivity contribution in [2.24, 2.45) is 0 Å². The molecule has 2 aromatic rings. The van der Waals surface area contributed by atoms with E-state index in [-0.39, 0.29) is 17.9 Å². The highest BCUT2D eigenvalue weighted by Gasteiger charge is 2.37. The van der Waals surface area contributed by atoms with Crippen molar-refractivity contribution in [2.75, 3.05) is 17.0 Å². The lowest BCUT2D eigenvalue weighted by atomic mass is 10.1. The average molecular weight is 386 g/mol. The Hall–Kier alpha value is -2.49. The van der Waals surface area contributed by atoms with Gasteiger partial charge in [-0.1, -0.05) is 35.9 Å². The van der Waals surface area contributed by atoms with E-state index in [4.69, 9.17) is 11.6 Å². The molecule has 0 bridgehead atoms. The van der Waals surface area contributed by atoms with Crippen molar-refractivity contribution in [2.45, 2.75) is 12.7 Å². The minimum absolute atomic E-state index is 0.0527. The molecule has 0 aliphatic carbocycles. The Morgan fingerprint density at radius 1 is 1.15 bits per heavy atom. The number of para-hydroxylation sites is 1. The van der Waals surface area contributed by atoms with Crippen LogP contribution < -0.4 is 26.4 Å². The quantitative estimate of drug-likeness (QED) is 0.754. The lowest BCUT2D eigenvalue weighted by Crippen LogP contribution is -2.39. The summed E-state index contributed by atoms with van der Waals surface area (Å²) in [5.41, 5.74) is 6.80. The molecule has 1 fully saturated rings. The van der Waals surface area contributed by atoms with Crippen LogP contribution in [0.15, 0.2) is 42.5 Å². The number of amides is 2. The van der Waals surface area contributed by atoms with Crippen LogP contribution in [0, 0.1) is 0 Å². The van der Waals surface area contributed by atoms with Crippen LogP contribution in [-0.4, -0.2) is 13.1 Å². The maximum absolute atomic E-state index is 13.6. The lowest BCUT2D eigenvalue weighted by Gasteiger charge is -2.29. The van der Waals surface area contributed by atoms with Crippen LogP contribution in [0.1, 0.15) is 11.1 Å². The van der Waals surface area contributed by atoms with Crippen molar-refractivity contribution < 1.29 is 18.0 Å². The first kappa shape index (κ1) is 18.3. The first-order valence-corrected chi connectivity index (χ1v) is 7.92. The molecule has 3 N–H and O–H groups in total. The Morgan fingerprint density at radius 3 is 2.50 bits per heavy atom. The van der Waals surface area contributed by atoms with Crippen molar-refractivity contribution in [3.8, 4) is 0 Å². The fraction of sp³-hybridized carbons (Fsp3) is 0.188. The van der Waals surface area contributed by atoms with Gasteiger partial charge in [0.2, 0.25) is 0 Å². The summed E-state index contributed by atoms with van der Waals surface area (Å²) in [6.07, 6.45) is -4.59. The molecule has 10 heteroatoms. The molecule has 0 aromatic heterocycles. The largest absolute Gasteiger partial charge is 0.418 e. The van der Waals surface area contributed by atoms with Crippen LogP contribution in [0.3, 0.4) is 0 Å². The van der Waals surface area contributed by atoms with Crippen LogP contribution in [0.2, 0.25) is 5.02 Å². The molecule has 6 nitrogen and oxygen atoms in total. The molecule has 0 atom stereocenters. The Bertz CT molecular complexity index is 830. The van der Waals surface area contributed by atoms with Gasteiger partial charge in [-0.05, 0) is 23.8 Å². The first-order chi connectivity index (χ1) is 12.3. The Labute approximate surface area is 152 Å². The van der Waals surface area contributed by atoms with Crippen molar-refractivity contribution in [1.82, 2.24) is 16.5 Å². The molecule has 26 heavy (non-hydrogen) atoms. The third-order valence-electron chi connectivity index (χ3n) is 3.85. The number of hydrogen-bond donors (Lipinski definition) is 3. The van der Waals surface area contributed by atoms with Gasteiger partial charge >= 0.3 is 12.2 Å². The topological polar surface area (TPSA) is 59.6 Å². The van der Waals surface area contributed by atoms with Crippen LogP contribution in [0.5, 0.6) is 0 Å². The highest BCUT2D eigenvalue weighted by molar-refractivity contribution is 6.31. The number of alkyl halides is 3. The summed E-state index contributed by atoms with van der Waals surface area (Å²) in [6.45, 7) is 0.128. The molecule has 0 unspecified atom stereocenters. The number of carbonyl (C=O) groups excluding carboxylic acids is 1. The molecule has 0 spiro atoms. The van der Waals surface area contributed by atoms with Crippen molar-refractivity contribution in [3.63, 3.8) is 0 Å². The first-order valence-electron chi connectivity index (χ1n) is 7.54. The zero-order chi connectivity index (χ0) is 18.9. The Kier molecular flexibility index (Phi) is 4.94. The monoisotopic (exact) mass is 385 g/mol. The van der Waals surface area contributed by atoms with Crippen LogP contribution >= 0.6 is 11.6 Å². The summed E-state index contributed by atoms with van der Waals surface area (Å²) in [7, 11) is 1.51. The predicted octanol–water partition coefficient (Wildman–Crippen LogP) is 3.45. The Balaban J connectivity index is 2.07. The second-order valence-corrected chi connectivity index (χ2v) is 6.03. The summed E-state index contributed by atoms with van der Waals surface area (Å²) < 4.78 is 40.7. The lowest BCUT2D eigenvalue weighted by molar-refractivity contribution is -0.137. The van der Waals surface area contributed by atoms with E-state index in [0.717, 1.165) is 11.1 Å². The van der Waals surface area contributed by atoms with Crippen molar-refractivity contribution in [1.29, 1.82) is 0 Å². The van der Waals surface area contributed by atoms with Gasteiger partial charge in [-0.15, -0.1) is 11.1 Å². The van der Waals surface area contributed by atoms with Crippen molar-refractivity contribution >= 4 is 29.0 Å². The number of nitrogens with one attached hydrogen (secondary N) is 3. The van der Waals surface area contributed by atoms with Gasteiger partial charge in [-0.25, -0.2) is 9.80 Å². The smallest absolute Gasteiger partial charge is 0.368 e. The highest BCUT2D eigenvalue weighted by Crippen LogP contribution is 2.42. The van der Waals surface area contributed by atoms with Gasteiger partial charge in [-0.2, -0.15) is 13.2 Å². The van der Waals surface area contributed by atoms with Gasteiger partial charge in [0.15, 0.2) is 0 Å². The number of benzene rings is 2. The second-order valence-electron chi connectivity index (χ2n) is 5.62. The number of anilines is 2. The fourth-order valence-corrected chi connectivity index (χ4v) is 2.91.